The number of hydrogen-bond donors (Lipinski definition) is 2. The number of ether oxygens (including phenoxy) is 2. The molecule has 0 aromatic carbocycles. The lowest BCUT2D eigenvalue weighted by molar-refractivity contribution is -0.146. The Morgan fingerprint density at radius 1 is 0.895 bits per heavy atom. The van der Waals surface area contributed by atoms with Gasteiger partial charge in [0.15, 0.2) is 0 Å². The molecule has 0 aromatic rings. The van der Waals surface area contributed by atoms with Gasteiger partial charge in [-0.2, -0.15) is 0 Å². The van der Waals surface area contributed by atoms with Gasteiger partial charge in [0.05, 0.1) is 19.6 Å². The minimum atomic E-state index is -0.620. The minimum absolute atomic E-state index is 0.0520. The van der Waals surface area contributed by atoms with Crippen molar-refractivity contribution in [3.05, 3.63) is 12.2 Å². The molecule has 0 rings (SSSR count). The van der Waals surface area contributed by atoms with E-state index >= 15 is 0 Å². The molecule has 0 saturated carbocycles. The van der Waals surface area contributed by atoms with Crippen molar-refractivity contribution in [2.45, 2.75) is 32.1 Å². The quantitative estimate of drug-likeness (QED) is 0.325. The van der Waals surface area contributed by atoms with Gasteiger partial charge in [0.25, 0.3) is 0 Å². The summed E-state index contributed by atoms with van der Waals surface area (Å²) in [4.78, 5) is 22.7. The first-order valence-corrected chi connectivity index (χ1v) is 6.34. The third-order valence-corrected chi connectivity index (χ3v) is 2.25. The average molecular weight is 274 g/mol. The van der Waals surface area contributed by atoms with Crippen LogP contribution in [0.5, 0.6) is 0 Å². The molecule has 0 radical (unpaired) electrons. The van der Waals surface area contributed by atoms with E-state index in [9.17, 15) is 9.59 Å². The molecule has 2 N–H and O–H groups in total. The SMILES string of the molecule is C=C(CC(=O)OCCCCO)C(=O)OCCCCO. The van der Waals surface area contributed by atoms with Crippen LogP contribution in [0.2, 0.25) is 0 Å². The van der Waals surface area contributed by atoms with Crippen molar-refractivity contribution in [2.24, 2.45) is 0 Å². The number of carbonyl (C=O) groups excluding carboxylic acids is 2. The first-order chi connectivity index (χ1) is 9.11. The molecule has 0 saturated heterocycles. The van der Waals surface area contributed by atoms with Crippen LogP contribution in [-0.4, -0.2) is 48.6 Å². The predicted octanol–water partition coefficient (Wildman–Crippen LogP) is 0.564. The number of unbranched alkanes of at least 4 members (excludes halogenated alkanes) is 2. The van der Waals surface area contributed by atoms with Gasteiger partial charge in [-0.25, -0.2) is 4.79 Å². The number of rotatable bonds is 11. The molecule has 0 bridgehead atoms. The van der Waals surface area contributed by atoms with E-state index in [1.54, 1.807) is 0 Å². The fraction of sp³-hybridized carbons (Fsp3) is 0.692. The third kappa shape index (κ3) is 10.2. The second-order valence-corrected chi connectivity index (χ2v) is 4.00. The average Bonchev–Trinajstić information content (AvgIpc) is 2.39. The Labute approximate surface area is 113 Å². The van der Waals surface area contributed by atoms with E-state index in [0.717, 1.165) is 0 Å². The van der Waals surface area contributed by atoms with E-state index in [0.29, 0.717) is 25.7 Å². The van der Waals surface area contributed by atoms with Gasteiger partial charge in [0.2, 0.25) is 0 Å². The van der Waals surface area contributed by atoms with E-state index in [2.05, 4.69) is 6.58 Å². The fourth-order valence-electron chi connectivity index (χ4n) is 1.18. The number of esters is 2. The predicted molar refractivity (Wildman–Crippen MR) is 68.3 cm³/mol. The summed E-state index contributed by atoms with van der Waals surface area (Å²) in [6.45, 7) is 4.01. The molecule has 0 heterocycles. The molecule has 0 atom stereocenters. The maximum Gasteiger partial charge on any atom is 0.333 e. The maximum absolute atomic E-state index is 11.4. The number of aliphatic hydroxyl groups is 2. The molecule has 6 nitrogen and oxygen atoms in total. The second-order valence-electron chi connectivity index (χ2n) is 4.00. The zero-order valence-electron chi connectivity index (χ0n) is 11.1. The van der Waals surface area contributed by atoms with Crippen molar-refractivity contribution < 1.29 is 29.3 Å². The molecule has 0 aromatic heterocycles. The molecular formula is C13H22O6. The summed E-state index contributed by atoms with van der Waals surface area (Å²) >= 11 is 0. The van der Waals surface area contributed by atoms with Crippen molar-refractivity contribution >= 4 is 11.9 Å². The van der Waals surface area contributed by atoms with Gasteiger partial charge in [-0.05, 0) is 25.7 Å². The molecule has 0 aliphatic rings. The fourth-order valence-corrected chi connectivity index (χ4v) is 1.18. The topological polar surface area (TPSA) is 93.1 Å². The van der Waals surface area contributed by atoms with Gasteiger partial charge in [-0.1, -0.05) is 6.58 Å². The lowest BCUT2D eigenvalue weighted by Crippen LogP contribution is -2.14. The van der Waals surface area contributed by atoms with Gasteiger partial charge in [0.1, 0.15) is 0 Å². The van der Waals surface area contributed by atoms with Gasteiger partial charge in [0, 0.05) is 18.8 Å². The zero-order chi connectivity index (χ0) is 14.5. The molecule has 0 unspecified atom stereocenters. The Balaban J connectivity index is 3.70. The Morgan fingerprint density at radius 2 is 1.42 bits per heavy atom. The van der Waals surface area contributed by atoms with Crippen LogP contribution in [0.4, 0.5) is 0 Å². The lowest BCUT2D eigenvalue weighted by Gasteiger charge is -2.07. The highest BCUT2D eigenvalue weighted by Gasteiger charge is 2.13. The Hall–Kier alpha value is -1.40. The molecular weight excluding hydrogens is 252 g/mol. The highest BCUT2D eigenvalue weighted by molar-refractivity contribution is 5.93. The van der Waals surface area contributed by atoms with Crippen molar-refractivity contribution in [1.29, 1.82) is 0 Å². The molecule has 0 spiro atoms. The summed E-state index contributed by atoms with van der Waals surface area (Å²) in [6, 6.07) is 0. The van der Waals surface area contributed by atoms with E-state index in [1.165, 1.54) is 0 Å². The van der Waals surface area contributed by atoms with Crippen LogP contribution in [0.15, 0.2) is 12.2 Å². The molecule has 6 heteroatoms. The van der Waals surface area contributed by atoms with Crippen LogP contribution < -0.4 is 0 Å². The summed E-state index contributed by atoms with van der Waals surface area (Å²) < 4.78 is 9.72. The number of aliphatic hydroxyl groups excluding tert-OH is 2. The van der Waals surface area contributed by atoms with Crippen LogP contribution in [0.25, 0.3) is 0 Å². The summed E-state index contributed by atoms with van der Waals surface area (Å²) in [7, 11) is 0. The molecule has 0 aliphatic heterocycles. The van der Waals surface area contributed by atoms with Gasteiger partial charge >= 0.3 is 11.9 Å². The maximum atomic E-state index is 11.4. The third-order valence-electron chi connectivity index (χ3n) is 2.25. The standard InChI is InChI=1S/C13H22O6/c1-11(13(17)19-9-5-3-7-15)10-12(16)18-8-4-2-6-14/h14-15H,1-10H2. The second kappa shape index (κ2) is 11.7. The van der Waals surface area contributed by atoms with Crippen molar-refractivity contribution in [1.82, 2.24) is 0 Å². The highest BCUT2D eigenvalue weighted by atomic mass is 16.5. The largest absolute Gasteiger partial charge is 0.465 e. The van der Waals surface area contributed by atoms with Gasteiger partial charge in [-0.15, -0.1) is 0 Å². The van der Waals surface area contributed by atoms with Crippen LogP contribution in [0.1, 0.15) is 32.1 Å². The summed E-state index contributed by atoms with van der Waals surface area (Å²) in [5.74, 6) is -1.15. The van der Waals surface area contributed by atoms with Gasteiger partial charge in [-0.3, -0.25) is 4.79 Å². The summed E-state index contributed by atoms with van der Waals surface area (Å²) in [6.07, 6.45) is 2.09. The minimum Gasteiger partial charge on any atom is -0.465 e. The van der Waals surface area contributed by atoms with E-state index < -0.39 is 11.9 Å². The van der Waals surface area contributed by atoms with E-state index in [-0.39, 0.29) is 38.4 Å². The molecule has 110 valence electrons. The monoisotopic (exact) mass is 274 g/mol. The molecule has 0 amide bonds. The Kier molecular flexibility index (Phi) is 10.8. The molecule has 0 aliphatic carbocycles. The van der Waals surface area contributed by atoms with E-state index in [1.807, 2.05) is 0 Å². The van der Waals surface area contributed by atoms with Crippen LogP contribution in [0.3, 0.4) is 0 Å². The summed E-state index contributed by atoms with van der Waals surface area (Å²) in [5.41, 5.74) is 0.0520. The lowest BCUT2D eigenvalue weighted by atomic mass is 10.2. The highest BCUT2D eigenvalue weighted by Crippen LogP contribution is 2.04. The Bertz CT molecular complexity index is 287. The van der Waals surface area contributed by atoms with Crippen LogP contribution >= 0.6 is 0 Å². The normalized spacial score (nSPS) is 10.0. The summed E-state index contributed by atoms with van der Waals surface area (Å²) in [5, 5.41) is 17.1. The number of carbonyl (C=O) groups is 2. The van der Waals surface area contributed by atoms with Gasteiger partial charge < -0.3 is 19.7 Å². The number of hydrogen-bond acceptors (Lipinski definition) is 6. The van der Waals surface area contributed by atoms with Crippen LogP contribution in [-0.2, 0) is 19.1 Å². The Morgan fingerprint density at radius 3 is 1.95 bits per heavy atom. The van der Waals surface area contributed by atoms with Crippen LogP contribution in [0, 0.1) is 0 Å². The zero-order valence-corrected chi connectivity index (χ0v) is 11.1. The molecule has 0 fully saturated rings. The smallest absolute Gasteiger partial charge is 0.333 e. The molecule has 19 heavy (non-hydrogen) atoms. The first kappa shape index (κ1) is 17.6. The van der Waals surface area contributed by atoms with Crippen molar-refractivity contribution in [2.75, 3.05) is 26.4 Å². The van der Waals surface area contributed by atoms with Crippen molar-refractivity contribution in [3.63, 3.8) is 0 Å². The van der Waals surface area contributed by atoms with E-state index in [4.69, 9.17) is 19.7 Å². The van der Waals surface area contributed by atoms with Crippen molar-refractivity contribution in [3.8, 4) is 0 Å². The first-order valence-electron chi connectivity index (χ1n) is 6.34.